The number of ether oxygens (including phenoxy) is 1. The van der Waals surface area contributed by atoms with E-state index in [-0.39, 0.29) is 6.10 Å². The quantitative estimate of drug-likeness (QED) is 0.541. The molecular weight excluding hydrogens is 318 g/mol. The van der Waals surface area contributed by atoms with Gasteiger partial charge in [0.25, 0.3) is 0 Å². The number of hydrogen-bond acceptors (Lipinski definition) is 1. The van der Waals surface area contributed by atoms with Gasteiger partial charge in [0.1, 0.15) is 17.4 Å². The van der Waals surface area contributed by atoms with Gasteiger partial charge in [-0.25, -0.2) is 8.78 Å². The maximum Gasteiger partial charge on any atom is 0.133 e. The normalized spacial score (nSPS) is 14.6. The van der Waals surface area contributed by atoms with Gasteiger partial charge >= 0.3 is 0 Å². The minimum atomic E-state index is -0.585. The molecule has 0 spiro atoms. The second-order valence-electron chi connectivity index (χ2n) is 6.65. The van der Waals surface area contributed by atoms with Crippen LogP contribution in [0.3, 0.4) is 0 Å². The van der Waals surface area contributed by atoms with E-state index in [1.54, 1.807) is 12.1 Å². The average molecular weight is 344 g/mol. The standard InChI is InChI=1S/C22H26F2O/c1-6-14(3)15(4)16(5)25-22-11-8-18(12-17(22)7-2)20-10-9-19(23)13-21(20)24/h7-16H,2,6H2,1,3-5H3. The van der Waals surface area contributed by atoms with E-state index < -0.39 is 11.6 Å². The van der Waals surface area contributed by atoms with Crippen molar-refractivity contribution in [2.24, 2.45) is 11.8 Å². The van der Waals surface area contributed by atoms with Crippen molar-refractivity contribution >= 4 is 6.08 Å². The van der Waals surface area contributed by atoms with Crippen LogP contribution < -0.4 is 4.74 Å². The average Bonchev–Trinajstić information content (AvgIpc) is 2.60. The fourth-order valence-corrected chi connectivity index (χ4v) is 2.85. The number of hydrogen-bond donors (Lipinski definition) is 0. The van der Waals surface area contributed by atoms with Crippen molar-refractivity contribution in [2.45, 2.75) is 40.2 Å². The van der Waals surface area contributed by atoms with E-state index >= 15 is 0 Å². The predicted molar refractivity (Wildman–Crippen MR) is 101 cm³/mol. The third kappa shape index (κ3) is 4.47. The molecule has 0 aliphatic heterocycles. The maximum atomic E-state index is 14.0. The van der Waals surface area contributed by atoms with Crippen LogP contribution in [-0.4, -0.2) is 6.10 Å². The Morgan fingerprint density at radius 1 is 1.08 bits per heavy atom. The molecule has 3 unspecified atom stereocenters. The van der Waals surface area contributed by atoms with Crippen LogP contribution >= 0.6 is 0 Å². The summed E-state index contributed by atoms with van der Waals surface area (Å²) in [6, 6.07) is 9.03. The van der Waals surface area contributed by atoms with Crippen molar-refractivity contribution < 1.29 is 13.5 Å². The van der Waals surface area contributed by atoms with Gasteiger partial charge in [0.05, 0.1) is 6.10 Å². The molecule has 134 valence electrons. The van der Waals surface area contributed by atoms with E-state index in [2.05, 4.69) is 34.3 Å². The lowest BCUT2D eigenvalue weighted by Gasteiger charge is -2.27. The number of rotatable bonds is 7. The largest absolute Gasteiger partial charge is 0.490 e. The van der Waals surface area contributed by atoms with Crippen molar-refractivity contribution in [3.63, 3.8) is 0 Å². The lowest BCUT2D eigenvalue weighted by molar-refractivity contribution is 0.125. The lowest BCUT2D eigenvalue weighted by Crippen LogP contribution is -2.26. The molecule has 2 aromatic carbocycles. The van der Waals surface area contributed by atoms with Crippen molar-refractivity contribution in [3.8, 4) is 16.9 Å². The van der Waals surface area contributed by atoms with Crippen molar-refractivity contribution in [1.29, 1.82) is 0 Å². The molecule has 0 heterocycles. The van der Waals surface area contributed by atoms with E-state index in [0.717, 1.165) is 23.8 Å². The third-order valence-corrected chi connectivity index (χ3v) is 5.07. The van der Waals surface area contributed by atoms with Gasteiger partial charge in [0, 0.05) is 17.2 Å². The summed E-state index contributed by atoms with van der Waals surface area (Å²) >= 11 is 0. The lowest BCUT2D eigenvalue weighted by atomic mass is 9.89. The zero-order valence-electron chi connectivity index (χ0n) is 15.4. The van der Waals surface area contributed by atoms with Gasteiger partial charge in [-0.1, -0.05) is 45.9 Å². The van der Waals surface area contributed by atoms with Crippen LogP contribution in [0.4, 0.5) is 8.78 Å². The molecule has 0 saturated heterocycles. The molecule has 3 atom stereocenters. The molecule has 2 aromatic rings. The Labute approximate surface area is 149 Å². The zero-order chi connectivity index (χ0) is 18.6. The first kappa shape index (κ1) is 19.2. The van der Waals surface area contributed by atoms with Crippen molar-refractivity contribution in [1.82, 2.24) is 0 Å². The topological polar surface area (TPSA) is 9.23 Å². The molecule has 0 aliphatic rings. The van der Waals surface area contributed by atoms with Crippen LogP contribution in [0.15, 0.2) is 43.0 Å². The summed E-state index contributed by atoms with van der Waals surface area (Å²) in [4.78, 5) is 0. The molecular formula is C22H26F2O. The summed E-state index contributed by atoms with van der Waals surface area (Å²) in [5.74, 6) is 0.538. The number of halogens is 2. The molecule has 0 fully saturated rings. The van der Waals surface area contributed by atoms with E-state index in [1.165, 1.54) is 12.1 Å². The van der Waals surface area contributed by atoms with E-state index in [9.17, 15) is 8.78 Å². The molecule has 0 radical (unpaired) electrons. The van der Waals surface area contributed by atoms with Crippen LogP contribution in [0.25, 0.3) is 17.2 Å². The highest BCUT2D eigenvalue weighted by Gasteiger charge is 2.20. The second kappa shape index (κ2) is 8.28. The zero-order valence-corrected chi connectivity index (χ0v) is 15.4. The molecule has 0 bridgehead atoms. The highest BCUT2D eigenvalue weighted by Crippen LogP contribution is 2.31. The Morgan fingerprint density at radius 3 is 2.40 bits per heavy atom. The Hall–Kier alpha value is -2.16. The fraction of sp³-hybridized carbons (Fsp3) is 0.364. The van der Waals surface area contributed by atoms with Crippen LogP contribution in [0.1, 0.15) is 39.7 Å². The smallest absolute Gasteiger partial charge is 0.133 e. The molecule has 0 saturated carbocycles. The van der Waals surface area contributed by atoms with Crippen molar-refractivity contribution in [3.05, 3.63) is 60.2 Å². The van der Waals surface area contributed by atoms with Gasteiger partial charge in [-0.2, -0.15) is 0 Å². The van der Waals surface area contributed by atoms with E-state index in [1.807, 2.05) is 12.1 Å². The van der Waals surface area contributed by atoms with E-state index in [0.29, 0.717) is 23.0 Å². The van der Waals surface area contributed by atoms with Crippen LogP contribution in [-0.2, 0) is 0 Å². The molecule has 1 nitrogen and oxygen atoms in total. The van der Waals surface area contributed by atoms with Gasteiger partial charge in [0.15, 0.2) is 0 Å². The van der Waals surface area contributed by atoms with Crippen LogP contribution in [0, 0.1) is 23.5 Å². The fourth-order valence-electron chi connectivity index (χ4n) is 2.85. The monoisotopic (exact) mass is 344 g/mol. The first-order chi connectivity index (χ1) is 11.9. The van der Waals surface area contributed by atoms with Gasteiger partial charge in [-0.15, -0.1) is 0 Å². The summed E-state index contributed by atoms with van der Waals surface area (Å²) in [6.45, 7) is 12.5. The molecule has 0 amide bonds. The van der Waals surface area contributed by atoms with Gasteiger partial charge in [-0.3, -0.25) is 0 Å². The van der Waals surface area contributed by atoms with Gasteiger partial charge < -0.3 is 4.74 Å². The first-order valence-corrected chi connectivity index (χ1v) is 8.75. The Morgan fingerprint density at radius 2 is 1.80 bits per heavy atom. The molecule has 0 aromatic heterocycles. The first-order valence-electron chi connectivity index (χ1n) is 8.75. The third-order valence-electron chi connectivity index (χ3n) is 5.07. The Balaban J connectivity index is 2.29. The van der Waals surface area contributed by atoms with Gasteiger partial charge in [-0.05, 0) is 48.6 Å². The van der Waals surface area contributed by atoms with Crippen LogP contribution in [0.2, 0.25) is 0 Å². The Bertz CT molecular complexity index is 739. The summed E-state index contributed by atoms with van der Waals surface area (Å²) in [5.41, 5.74) is 1.82. The second-order valence-corrected chi connectivity index (χ2v) is 6.65. The maximum absolute atomic E-state index is 14.0. The predicted octanol–water partition coefficient (Wildman–Crippen LogP) is 6.72. The molecule has 0 N–H and O–H groups in total. The Kier molecular flexibility index (Phi) is 6.35. The van der Waals surface area contributed by atoms with Crippen LogP contribution in [0.5, 0.6) is 5.75 Å². The molecule has 0 aliphatic carbocycles. The highest BCUT2D eigenvalue weighted by atomic mass is 19.1. The minimum Gasteiger partial charge on any atom is -0.490 e. The van der Waals surface area contributed by atoms with Gasteiger partial charge in [0.2, 0.25) is 0 Å². The molecule has 25 heavy (non-hydrogen) atoms. The highest BCUT2D eigenvalue weighted by molar-refractivity contribution is 5.70. The molecule has 3 heteroatoms. The minimum absolute atomic E-state index is 0.0575. The summed E-state index contributed by atoms with van der Waals surface area (Å²) < 4.78 is 33.3. The SMILES string of the molecule is C=Cc1cc(-c2ccc(F)cc2F)ccc1OC(C)C(C)C(C)CC. The summed E-state index contributed by atoms with van der Waals surface area (Å²) in [7, 11) is 0. The summed E-state index contributed by atoms with van der Waals surface area (Å²) in [5, 5.41) is 0. The number of benzene rings is 2. The van der Waals surface area contributed by atoms with E-state index in [4.69, 9.17) is 4.74 Å². The summed E-state index contributed by atoms with van der Waals surface area (Å²) in [6.07, 6.45) is 2.86. The molecule has 2 rings (SSSR count). The van der Waals surface area contributed by atoms with Crippen molar-refractivity contribution in [2.75, 3.05) is 0 Å².